The van der Waals surface area contributed by atoms with Crippen molar-refractivity contribution in [3.8, 4) is 0 Å². The van der Waals surface area contributed by atoms with Crippen molar-refractivity contribution in [3.05, 3.63) is 0 Å². The van der Waals surface area contributed by atoms with Crippen LogP contribution in [-0.4, -0.2) is 25.2 Å². The SMILES string of the molecule is CCC(NN)N(C)C. The zero-order valence-electron chi connectivity index (χ0n) is 5.81. The molecule has 0 radical (unpaired) electrons. The fourth-order valence-corrected chi connectivity index (χ4v) is 0.632. The molecule has 0 aliphatic carbocycles. The molecule has 3 nitrogen and oxygen atoms in total. The minimum atomic E-state index is 0.315. The maximum absolute atomic E-state index is 5.19. The van der Waals surface area contributed by atoms with E-state index in [-0.39, 0.29) is 0 Å². The molecule has 3 N–H and O–H groups in total. The van der Waals surface area contributed by atoms with E-state index in [4.69, 9.17) is 5.84 Å². The first-order chi connectivity index (χ1) is 3.72. The number of nitrogens with one attached hydrogen (secondary N) is 1. The van der Waals surface area contributed by atoms with Crippen LogP contribution in [0.5, 0.6) is 0 Å². The fraction of sp³-hybridized carbons (Fsp3) is 1.00. The van der Waals surface area contributed by atoms with Crippen LogP contribution in [0.25, 0.3) is 0 Å². The molecule has 1 unspecified atom stereocenters. The molecule has 0 fully saturated rings. The van der Waals surface area contributed by atoms with Crippen molar-refractivity contribution in [1.29, 1.82) is 0 Å². The molecule has 0 bridgehead atoms. The van der Waals surface area contributed by atoms with Gasteiger partial charge in [-0.15, -0.1) is 0 Å². The van der Waals surface area contributed by atoms with Crippen molar-refractivity contribution >= 4 is 0 Å². The van der Waals surface area contributed by atoms with Crippen molar-refractivity contribution in [3.63, 3.8) is 0 Å². The predicted octanol–water partition coefficient (Wildman–Crippen LogP) is -0.253. The molecular formula is C5H15N3. The zero-order chi connectivity index (χ0) is 6.57. The summed E-state index contributed by atoms with van der Waals surface area (Å²) in [6.07, 6.45) is 1.35. The standard InChI is InChI=1S/C5H15N3/c1-4-5(7-6)8(2)3/h5,7H,4,6H2,1-3H3. The lowest BCUT2D eigenvalue weighted by Gasteiger charge is -2.20. The minimum Gasteiger partial charge on any atom is -0.293 e. The lowest BCUT2D eigenvalue weighted by molar-refractivity contribution is 0.241. The van der Waals surface area contributed by atoms with E-state index in [0.29, 0.717) is 6.17 Å². The second-order valence-electron chi connectivity index (χ2n) is 2.05. The molecular weight excluding hydrogens is 102 g/mol. The second kappa shape index (κ2) is 3.83. The molecule has 0 aliphatic rings. The van der Waals surface area contributed by atoms with Crippen molar-refractivity contribution < 1.29 is 0 Å². The van der Waals surface area contributed by atoms with Crippen molar-refractivity contribution in [2.45, 2.75) is 19.5 Å². The van der Waals surface area contributed by atoms with Gasteiger partial charge in [-0.05, 0) is 20.5 Å². The average Bonchev–Trinajstić information content (AvgIpc) is 1.69. The third-order valence-corrected chi connectivity index (χ3v) is 1.20. The molecule has 0 aromatic rings. The Balaban J connectivity index is 3.35. The van der Waals surface area contributed by atoms with Gasteiger partial charge in [0.05, 0.1) is 6.17 Å². The highest BCUT2D eigenvalue weighted by atomic mass is 15.4. The summed E-state index contributed by atoms with van der Waals surface area (Å²) in [7, 11) is 3.99. The summed E-state index contributed by atoms with van der Waals surface area (Å²) in [5, 5.41) is 0. The average molecular weight is 117 g/mol. The van der Waals surface area contributed by atoms with Crippen molar-refractivity contribution in [2.24, 2.45) is 5.84 Å². The smallest absolute Gasteiger partial charge is 0.0718 e. The van der Waals surface area contributed by atoms with Crippen LogP contribution in [0.3, 0.4) is 0 Å². The van der Waals surface area contributed by atoms with E-state index in [2.05, 4.69) is 12.3 Å². The Morgan fingerprint density at radius 1 is 1.62 bits per heavy atom. The van der Waals surface area contributed by atoms with Gasteiger partial charge < -0.3 is 0 Å². The van der Waals surface area contributed by atoms with Crippen LogP contribution in [-0.2, 0) is 0 Å². The van der Waals surface area contributed by atoms with Gasteiger partial charge in [0.15, 0.2) is 0 Å². The number of hydrogen-bond donors (Lipinski definition) is 2. The molecule has 3 heteroatoms. The van der Waals surface area contributed by atoms with Crippen LogP contribution < -0.4 is 11.3 Å². The maximum atomic E-state index is 5.19. The first kappa shape index (κ1) is 7.88. The summed E-state index contributed by atoms with van der Waals surface area (Å²) < 4.78 is 0. The summed E-state index contributed by atoms with van der Waals surface area (Å²) >= 11 is 0. The van der Waals surface area contributed by atoms with Crippen LogP contribution in [0.15, 0.2) is 0 Å². The predicted molar refractivity (Wildman–Crippen MR) is 35.1 cm³/mol. The highest BCUT2D eigenvalue weighted by Crippen LogP contribution is 1.89. The van der Waals surface area contributed by atoms with Crippen LogP contribution in [0.1, 0.15) is 13.3 Å². The van der Waals surface area contributed by atoms with Gasteiger partial charge in [-0.1, -0.05) is 6.92 Å². The summed E-state index contributed by atoms with van der Waals surface area (Å²) in [4.78, 5) is 2.04. The van der Waals surface area contributed by atoms with Crippen LogP contribution >= 0.6 is 0 Å². The first-order valence-electron chi connectivity index (χ1n) is 2.85. The zero-order valence-corrected chi connectivity index (χ0v) is 5.81. The second-order valence-corrected chi connectivity index (χ2v) is 2.05. The van der Waals surface area contributed by atoms with Gasteiger partial charge in [0.2, 0.25) is 0 Å². The normalized spacial score (nSPS) is 14.6. The largest absolute Gasteiger partial charge is 0.293 e. The first-order valence-corrected chi connectivity index (χ1v) is 2.85. The minimum absolute atomic E-state index is 0.315. The topological polar surface area (TPSA) is 41.3 Å². The third kappa shape index (κ3) is 2.26. The lowest BCUT2D eigenvalue weighted by Crippen LogP contribution is -2.44. The Morgan fingerprint density at radius 3 is 2.12 bits per heavy atom. The van der Waals surface area contributed by atoms with E-state index in [0.717, 1.165) is 6.42 Å². The number of nitrogens with zero attached hydrogens (tertiary/aromatic N) is 1. The maximum Gasteiger partial charge on any atom is 0.0718 e. The van der Waals surface area contributed by atoms with Gasteiger partial charge in [0, 0.05) is 0 Å². The van der Waals surface area contributed by atoms with Gasteiger partial charge >= 0.3 is 0 Å². The van der Waals surface area contributed by atoms with E-state index in [9.17, 15) is 0 Å². The quantitative estimate of drug-likeness (QED) is 0.304. The Kier molecular flexibility index (Phi) is 3.77. The molecule has 0 rings (SSSR count). The Hall–Kier alpha value is -0.120. The van der Waals surface area contributed by atoms with Gasteiger partial charge in [-0.2, -0.15) is 0 Å². The number of hydrogen-bond acceptors (Lipinski definition) is 3. The molecule has 0 aromatic carbocycles. The van der Waals surface area contributed by atoms with Crippen LogP contribution in [0, 0.1) is 0 Å². The van der Waals surface area contributed by atoms with Gasteiger partial charge in [-0.3, -0.25) is 10.7 Å². The molecule has 0 saturated heterocycles. The lowest BCUT2D eigenvalue weighted by atomic mass is 10.4. The van der Waals surface area contributed by atoms with Gasteiger partial charge in [0.25, 0.3) is 0 Å². The molecule has 0 saturated carbocycles. The molecule has 0 heterocycles. The monoisotopic (exact) mass is 117 g/mol. The van der Waals surface area contributed by atoms with E-state index in [1.54, 1.807) is 0 Å². The number of hydrazine groups is 1. The summed E-state index contributed by atoms with van der Waals surface area (Å²) in [5.41, 5.74) is 2.68. The third-order valence-electron chi connectivity index (χ3n) is 1.20. The van der Waals surface area contributed by atoms with Crippen LogP contribution in [0.2, 0.25) is 0 Å². The Bertz CT molecular complexity index is 49.6. The number of rotatable bonds is 3. The highest BCUT2D eigenvalue weighted by Gasteiger charge is 2.02. The molecule has 0 amide bonds. The summed E-state index contributed by atoms with van der Waals surface area (Å²) in [5.74, 6) is 5.19. The number of nitrogens with two attached hydrogens (primary N) is 1. The van der Waals surface area contributed by atoms with E-state index >= 15 is 0 Å². The van der Waals surface area contributed by atoms with Gasteiger partial charge in [0.1, 0.15) is 0 Å². The van der Waals surface area contributed by atoms with E-state index in [1.165, 1.54) is 0 Å². The molecule has 0 aliphatic heterocycles. The van der Waals surface area contributed by atoms with Crippen molar-refractivity contribution in [2.75, 3.05) is 14.1 Å². The highest BCUT2D eigenvalue weighted by molar-refractivity contribution is 4.54. The molecule has 1 atom stereocenters. The molecule has 0 aromatic heterocycles. The van der Waals surface area contributed by atoms with E-state index < -0.39 is 0 Å². The molecule has 0 spiro atoms. The van der Waals surface area contributed by atoms with Crippen LogP contribution in [0.4, 0.5) is 0 Å². The molecule has 8 heavy (non-hydrogen) atoms. The van der Waals surface area contributed by atoms with E-state index in [1.807, 2.05) is 19.0 Å². The van der Waals surface area contributed by atoms with Crippen molar-refractivity contribution in [1.82, 2.24) is 10.3 Å². The Morgan fingerprint density at radius 2 is 2.12 bits per heavy atom. The van der Waals surface area contributed by atoms with Gasteiger partial charge in [-0.25, -0.2) is 5.43 Å². The Labute approximate surface area is 50.8 Å². The fourth-order valence-electron chi connectivity index (χ4n) is 0.632. The summed E-state index contributed by atoms with van der Waals surface area (Å²) in [6.45, 7) is 2.09. The summed E-state index contributed by atoms with van der Waals surface area (Å²) in [6, 6.07) is 0. The molecule has 50 valence electrons.